The molecule has 2 N–H and O–H groups in total. The van der Waals surface area contributed by atoms with Crippen molar-refractivity contribution >= 4 is 17.4 Å². The number of aromatic nitrogens is 3. The maximum Gasteiger partial charge on any atom is 0.319 e. The van der Waals surface area contributed by atoms with Crippen molar-refractivity contribution in [2.45, 2.75) is 6.42 Å². The van der Waals surface area contributed by atoms with Gasteiger partial charge in [0, 0.05) is 54.3 Å². The number of carbonyl (C=O) groups is 1. The number of halogens is 1. The molecule has 3 aromatic heterocycles. The summed E-state index contributed by atoms with van der Waals surface area (Å²) in [6.07, 6.45) is 9.72. The zero-order valence-electron chi connectivity index (χ0n) is 19.3. The standard InChI is InChI=1S/C29H22FN5O/c30-25-5-2-21(3-6-25)1-4-24-20-26(7-8-27(24)23-10-13-31-14-11-23)34-29(36)33-15-9-22-12-17-35-18-16-32-28(35)19-22/h2-3,5-8,10-14,16-20H,9,15H2,(H2,33,34,36). The number of nitrogens with one attached hydrogen (secondary N) is 2. The van der Waals surface area contributed by atoms with E-state index < -0.39 is 0 Å². The number of anilines is 1. The lowest BCUT2D eigenvalue weighted by atomic mass is 10.00. The molecule has 0 saturated heterocycles. The predicted octanol–water partition coefficient (Wildman–Crippen LogP) is 5.30. The van der Waals surface area contributed by atoms with Gasteiger partial charge in [-0.15, -0.1) is 0 Å². The number of carbonyl (C=O) groups excluding carboxylic acids is 1. The van der Waals surface area contributed by atoms with Crippen molar-refractivity contribution in [3.8, 4) is 23.0 Å². The molecule has 5 rings (SSSR count). The van der Waals surface area contributed by atoms with E-state index in [1.807, 2.05) is 59.3 Å². The van der Waals surface area contributed by atoms with Gasteiger partial charge < -0.3 is 15.0 Å². The zero-order chi connectivity index (χ0) is 24.7. The fraction of sp³-hybridized carbons (Fsp3) is 0.0690. The Hall–Kier alpha value is -4.96. The molecule has 7 heteroatoms. The Morgan fingerprint density at radius 3 is 2.58 bits per heavy atom. The van der Waals surface area contributed by atoms with Gasteiger partial charge in [0.2, 0.25) is 0 Å². The molecule has 3 heterocycles. The Morgan fingerprint density at radius 2 is 1.75 bits per heavy atom. The van der Waals surface area contributed by atoms with Crippen LogP contribution in [0.5, 0.6) is 0 Å². The summed E-state index contributed by atoms with van der Waals surface area (Å²) < 4.78 is 15.2. The van der Waals surface area contributed by atoms with E-state index in [1.54, 1.807) is 30.7 Å². The molecule has 0 aliphatic rings. The number of hydrogen-bond acceptors (Lipinski definition) is 3. The molecule has 0 spiro atoms. The lowest BCUT2D eigenvalue weighted by Crippen LogP contribution is -2.30. The Kier molecular flexibility index (Phi) is 6.68. The summed E-state index contributed by atoms with van der Waals surface area (Å²) in [5.41, 5.74) is 5.88. The average molecular weight is 476 g/mol. The number of nitrogens with zero attached hydrogens (tertiary/aromatic N) is 3. The number of hydrogen-bond donors (Lipinski definition) is 2. The molecular formula is C29H22FN5O. The molecule has 0 bridgehead atoms. The second kappa shape index (κ2) is 10.5. The minimum absolute atomic E-state index is 0.300. The normalized spacial score (nSPS) is 10.5. The van der Waals surface area contributed by atoms with Crippen molar-refractivity contribution in [2.24, 2.45) is 0 Å². The van der Waals surface area contributed by atoms with Crippen LogP contribution in [0.4, 0.5) is 14.9 Å². The van der Waals surface area contributed by atoms with Gasteiger partial charge >= 0.3 is 6.03 Å². The van der Waals surface area contributed by atoms with E-state index in [1.165, 1.54) is 12.1 Å². The van der Waals surface area contributed by atoms with E-state index in [4.69, 9.17) is 0 Å². The molecule has 0 radical (unpaired) electrons. The van der Waals surface area contributed by atoms with E-state index in [2.05, 4.69) is 32.4 Å². The third kappa shape index (κ3) is 5.57. The molecule has 0 atom stereocenters. The number of urea groups is 1. The fourth-order valence-corrected chi connectivity index (χ4v) is 3.78. The Balaban J connectivity index is 1.29. The summed E-state index contributed by atoms with van der Waals surface area (Å²) in [5, 5.41) is 5.78. The van der Waals surface area contributed by atoms with E-state index in [9.17, 15) is 9.18 Å². The first-order valence-electron chi connectivity index (χ1n) is 11.4. The lowest BCUT2D eigenvalue weighted by Gasteiger charge is -2.11. The molecule has 2 amide bonds. The van der Waals surface area contributed by atoms with Crippen LogP contribution in [0.15, 0.2) is 97.7 Å². The largest absolute Gasteiger partial charge is 0.338 e. The van der Waals surface area contributed by atoms with Gasteiger partial charge in [0.25, 0.3) is 0 Å². The third-order valence-corrected chi connectivity index (χ3v) is 5.62. The lowest BCUT2D eigenvalue weighted by molar-refractivity contribution is 0.252. The summed E-state index contributed by atoms with van der Waals surface area (Å²) in [6, 6.07) is 19.1. The maximum absolute atomic E-state index is 13.2. The molecule has 2 aromatic carbocycles. The number of fused-ring (bicyclic) bond motifs is 1. The molecular weight excluding hydrogens is 453 g/mol. The quantitative estimate of drug-likeness (QED) is 0.339. The topological polar surface area (TPSA) is 71.3 Å². The summed E-state index contributed by atoms with van der Waals surface area (Å²) in [5.74, 6) is 5.93. The van der Waals surface area contributed by atoms with E-state index in [0.29, 0.717) is 24.2 Å². The molecule has 36 heavy (non-hydrogen) atoms. The second-order valence-corrected chi connectivity index (χ2v) is 8.11. The van der Waals surface area contributed by atoms with Gasteiger partial charge in [0.05, 0.1) is 0 Å². The second-order valence-electron chi connectivity index (χ2n) is 8.11. The highest BCUT2D eigenvalue weighted by atomic mass is 19.1. The highest BCUT2D eigenvalue weighted by Crippen LogP contribution is 2.26. The Bertz CT molecular complexity index is 1570. The average Bonchev–Trinajstić information content (AvgIpc) is 3.37. The number of imidazole rings is 1. The van der Waals surface area contributed by atoms with Gasteiger partial charge in [-0.25, -0.2) is 14.2 Å². The Labute approximate surface area is 207 Å². The first kappa shape index (κ1) is 22.8. The van der Waals surface area contributed by atoms with Crippen LogP contribution in [0.3, 0.4) is 0 Å². The molecule has 0 saturated carbocycles. The third-order valence-electron chi connectivity index (χ3n) is 5.62. The van der Waals surface area contributed by atoms with Crippen LogP contribution < -0.4 is 10.6 Å². The highest BCUT2D eigenvalue weighted by Gasteiger charge is 2.08. The summed E-state index contributed by atoms with van der Waals surface area (Å²) >= 11 is 0. The van der Waals surface area contributed by atoms with Crippen molar-refractivity contribution in [2.75, 3.05) is 11.9 Å². The van der Waals surface area contributed by atoms with Crippen LogP contribution in [0.2, 0.25) is 0 Å². The molecule has 0 fully saturated rings. The van der Waals surface area contributed by atoms with Crippen LogP contribution in [0, 0.1) is 17.7 Å². The van der Waals surface area contributed by atoms with Crippen molar-refractivity contribution in [3.63, 3.8) is 0 Å². The van der Waals surface area contributed by atoms with Gasteiger partial charge in [-0.05, 0) is 83.8 Å². The molecule has 0 unspecified atom stereocenters. The minimum Gasteiger partial charge on any atom is -0.338 e. The van der Waals surface area contributed by atoms with Crippen molar-refractivity contribution < 1.29 is 9.18 Å². The monoisotopic (exact) mass is 475 g/mol. The number of pyridine rings is 2. The fourth-order valence-electron chi connectivity index (χ4n) is 3.78. The zero-order valence-corrected chi connectivity index (χ0v) is 19.3. The molecule has 6 nitrogen and oxygen atoms in total. The molecule has 0 aliphatic heterocycles. The van der Waals surface area contributed by atoms with Gasteiger partial charge in [0.15, 0.2) is 0 Å². The summed E-state index contributed by atoms with van der Waals surface area (Å²) in [6.45, 7) is 0.481. The molecule has 5 aromatic rings. The van der Waals surface area contributed by atoms with Crippen molar-refractivity contribution in [1.82, 2.24) is 19.7 Å². The van der Waals surface area contributed by atoms with Crippen LogP contribution in [0.25, 0.3) is 16.8 Å². The van der Waals surface area contributed by atoms with Gasteiger partial charge in [0.1, 0.15) is 11.5 Å². The van der Waals surface area contributed by atoms with Crippen LogP contribution in [0.1, 0.15) is 16.7 Å². The van der Waals surface area contributed by atoms with Gasteiger partial charge in [-0.1, -0.05) is 17.9 Å². The summed E-state index contributed by atoms with van der Waals surface area (Å²) in [7, 11) is 0. The number of rotatable bonds is 5. The predicted molar refractivity (Wildman–Crippen MR) is 138 cm³/mol. The minimum atomic E-state index is -0.308. The number of amides is 2. The maximum atomic E-state index is 13.2. The van der Waals surface area contributed by atoms with Crippen LogP contribution in [-0.2, 0) is 6.42 Å². The SMILES string of the molecule is O=C(NCCc1ccn2ccnc2c1)Nc1ccc(-c2ccncc2)c(C#Cc2ccc(F)cc2)c1. The van der Waals surface area contributed by atoms with Crippen molar-refractivity contribution in [3.05, 3.63) is 120 Å². The molecule has 0 aliphatic carbocycles. The van der Waals surface area contributed by atoms with Gasteiger partial charge in [-0.3, -0.25) is 4.98 Å². The van der Waals surface area contributed by atoms with Crippen LogP contribution in [-0.4, -0.2) is 26.9 Å². The van der Waals surface area contributed by atoms with E-state index in [0.717, 1.165) is 27.9 Å². The van der Waals surface area contributed by atoms with E-state index in [-0.39, 0.29) is 11.8 Å². The van der Waals surface area contributed by atoms with Gasteiger partial charge in [-0.2, -0.15) is 0 Å². The Morgan fingerprint density at radius 1 is 0.917 bits per heavy atom. The molecule has 176 valence electrons. The highest BCUT2D eigenvalue weighted by molar-refractivity contribution is 5.90. The first-order chi connectivity index (χ1) is 17.6. The first-order valence-corrected chi connectivity index (χ1v) is 11.4. The number of benzene rings is 2. The smallest absolute Gasteiger partial charge is 0.319 e. The summed E-state index contributed by atoms with van der Waals surface area (Å²) in [4.78, 5) is 20.9. The van der Waals surface area contributed by atoms with Crippen LogP contribution >= 0.6 is 0 Å². The van der Waals surface area contributed by atoms with E-state index >= 15 is 0 Å². The van der Waals surface area contributed by atoms with Crippen molar-refractivity contribution in [1.29, 1.82) is 0 Å².